The van der Waals surface area contributed by atoms with Crippen molar-refractivity contribution in [3.05, 3.63) is 63.3 Å². The summed E-state index contributed by atoms with van der Waals surface area (Å²) in [5.41, 5.74) is -0.594. The van der Waals surface area contributed by atoms with E-state index in [0.29, 0.717) is 5.22 Å². The third-order valence-corrected chi connectivity index (χ3v) is 4.84. The van der Waals surface area contributed by atoms with Crippen LogP contribution in [0.15, 0.2) is 40.4 Å². The molecule has 0 amide bonds. The largest absolute Gasteiger partial charge is 0.493 e. The third kappa shape index (κ3) is 4.26. The van der Waals surface area contributed by atoms with Crippen molar-refractivity contribution in [2.45, 2.75) is 31.1 Å². The number of nitrogens with one attached hydrogen (secondary N) is 3. The monoisotopic (exact) mass is 459 g/mol. The second-order valence-electron chi connectivity index (χ2n) is 7.40. The molecule has 4 aromatic rings. The summed E-state index contributed by atoms with van der Waals surface area (Å²) in [7, 11) is 0. The number of aromatic amines is 2. The number of pyridine rings is 1. The SMILES string of the molecule is O=c1[nH]c(O)c(/C=c2/cnn3c(=NC4CC4)nc(NC(c4ccccn4)C(F)(F)F)nc23)[nH]1. The number of aromatic hydroxyl groups is 1. The number of H-pyrrole nitrogens is 2. The maximum absolute atomic E-state index is 13.8. The Morgan fingerprint density at radius 2 is 2.09 bits per heavy atom. The summed E-state index contributed by atoms with van der Waals surface area (Å²) in [6.45, 7) is 0. The molecule has 0 radical (unpaired) electrons. The van der Waals surface area contributed by atoms with E-state index in [9.17, 15) is 23.1 Å². The van der Waals surface area contributed by atoms with Crippen molar-refractivity contribution in [3.63, 3.8) is 0 Å². The predicted molar refractivity (Wildman–Crippen MR) is 108 cm³/mol. The molecular weight excluding hydrogens is 443 g/mol. The van der Waals surface area contributed by atoms with Crippen molar-refractivity contribution in [1.82, 2.24) is 34.5 Å². The molecule has 170 valence electrons. The van der Waals surface area contributed by atoms with E-state index in [2.05, 4.69) is 40.3 Å². The summed E-state index contributed by atoms with van der Waals surface area (Å²) in [6, 6.07) is 2.07. The highest BCUT2D eigenvalue weighted by atomic mass is 19.4. The van der Waals surface area contributed by atoms with E-state index in [-0.39, 0.29) is 34.6 Å². The lowest BCUT2D eigenvalue weighted by atomic mass is 10.2. The van der Waals surface area contributed by atoms with Gasteiger partial charge in [-0.1, -0.05) is 6.07 Å². The van der Waals surface area contributed by atoms with Gasteiger partial charge < -0.3 is 15.4 Å². The highest BCUT2D eigenvalue weighted by Gasteiger charge is 2.42. The van der Waals surface area contributed by atoms with E-state index >= 15 is 0 Å². The molecule has 11 nitrogen and oxygen atoms in total. The van der Waals surface area contributed by atoms with Crippen LogP contribution in [0, 0.1) is 0 Å². The average molecular weight is 459 g/mol. The highest BCUT2D eigenvalue weighted by molar-refractivity contribution is 5.57. The van der Waals surface area contributed by atoms with Gasteiger partial charge >= 0.3 is 11.9 Å². The quantitative estimate of drug-likeness (QED) is 0.341. The third-order valence-electron chi connectivity index (χ3n) is 4.84. The van der Waals surface area contributed by atoms with Crippen molar-refractivity contribution in [2.75, 3.05) is 5.32 Å². The lowest BCUT2D eigenvalue weighted by molar-refractivity contribution is -0.144. The molecule has 0 aliphatic heterocycles. The number of imidazole rings is 1. The minimum atomic E-state index is -4.68. The zero-order chi connectivity index (χ0) is 23.2. The minimum absolute atomic E-state index is 0.00635. The van der Waals surface area contributed by atoms with Crippen LogP contribution in [0.4, 0.5) is 19.1 Å². The number of halogens is 3. The smallest absolute Gasteiger partial charge is 0.414 e. The number of hydrogen-bond donors (Lipinski definition) is 4. The molecular formula is C19H16F3N9O2. The van der Waals surface area contributed by atoms with Crippen molar-refractivity contribution < 1.29 is 18.3 Å². The first-order valence-electron chi connectivity index (χ1n) is 9.85. The zero-order valence-corrected chi connectivity index (χ0v) is 16.7. The van der Waals surface area contributed by atoms with E-state index < -0.39 is 23.8 Å². The van der Waals surface area contributed by atoms with Gasteiger partial charge in [-0.05, 0) is 31.1 Å². The fraction of sp³-hybridized carbons (Fsp3) is 0.263. The van der Waals surface area contributed by atoms with E-state index in [1.807, 2.05) is 0 Å². The molecule has 4 aromatic heterocycles. The molecule has 4 N–H and O–H groups in total. The Kier molecular flexibility index (Phi) is 4.83. The molecule has 1 aliphatic rings. The van der Waals surface area contributed by atoms with Gasteiger partial charge in [-0.3, -0.25) is 9.97 Å². The van der Waals surface area contributed by atoms with Gasteiger partial charge in [0.1, 0.15) is 5.69 Å². The van der Waals surface area contributed by atoms with Crippen LogP contribution in [0.25, 0.3) is 11.7 Å². The molecule has 4 heterocycles. The molecule has 0 aromatic carbocycles. The first-order chi connectivity index (χ1) is 15.8. The van der Waals surface area contributed by atoms with Gasteiger partial charge in [0.15, 0.2) is 11.7 Å². The summed E-state index contributed by atoms with van der Waals surface area (Å²) >= 11 is 0. The Bertz CT molecular complexity index is 1490. The lowest BCUT2D eigenvalue weighted by Crippen LogP contribution is -2.32. The molecule has 1 atom stereocenters. The molecule has 0 bridgehead atoms. The van der Waals surface area contributed by atoms with E-state index in [0.717, 1.165) is 12.8 Å². The average Bonchev–Trinajstić information content (AvgIpc) is 3.40. The van der Waals surface area contributed by atoms with Gasteiger partial charge in [0.05, 0.1) is 17.9 Å². The summed E-state index contributed by atoms with van der Waals surface area (Å²) in [5, 5.41) is 16.7. The van der Waals surface area contributed by atoms with Crippen LogP contribution in [0.3, 0.4) is 0 Å². The van der Waals surface area contributed by atoms with Gasteiger partial charge in [0.25, 0.3) is 5.62 Å². The highest BCUT2D eigenvalue weighted by Crippen LogP contribution is 2.33. The lowest BCUT2D eigenvalue weighted by Gasteiger charge is -2.21. The van der Waals surface area contributed by atoms with E-state index in [4.69, 9.17) is 0 Å². The molecule has 1 fully saturated rings. The maximum Gasteiger partial charge on any atom is 0.414 e. The second-order valence-corrected chi connectivity index (χ2v) is 7.40. The maximum atomic E-state index is 13.8. The number of rotatable bonds is 5. The van der Waals surface area contributed by atoms with E-state index in [1.165, 1.54) is 41.2 Å². The normalized spacial score (nSPS) is 16.5. The summed E-state index contributed by atoms with van der Waals surface area (Å²) < 4.78 is 42.7. The molecule has 1 unspecified atom stereocenters. The Hall–Kier alpha value is -4.23. The number of aromatic nitrogens is 7. The number of nitrogens with zero attached hydrogens (tertiary/aromatic N) is 6. The number of hydrogen-bond acceptors (Lipinski definition) is 8. The molecule has 1 saturated carbocycles. The van der Waals surface area contributed by atoms with Gasteiger partial charge in [-0.15, -0.1) is 0 Å². The van der Waals surface area contributed by atoms with Gasteiger partial charge in [0, 0.05) is 11.4 Å². The van der Waals surface area contributed by atoms with Crippen LogP contribution < -0.4 is 21.8 Å². The Morgan fingerprint density at radius 1 is 1.27 bits per heavy atom. The van der Waals surface area contributed by atoms with Crippen LogP contribution in [0.5, 0.6) is 5.88 Å². The topological polar surface area (TPSA) is 149 Å². The number of anilines is 1. The summed E-state index contributed by atoms with van der Waals surface area (Å²) in [5.74, 6) is -0.723. The van der Waals surface area contributed by atoms with Crippen molar-refractivity contribution in [2.24, 2.45) is 4.99 Å². The van der Waals surface area contributed by atoms with Crippen LogP contribution in [-0.2, 0) is 0 Å². The van der Waals surface area contributed by atoms with Crippen molar-refractivity contribution in [3.8, 4) is 5.88 Å². The molecule has 0 saturated heterocycles. The van der Waals surface area contributed by atoms with Crippen LogP contribution >= 0.6 is 0 Å². The van der Waals surface area contributed by atoms with Crippen molar-refractivity contribution in [1.29, 1.82) is 0 Å². The molecule has 1 aliphatic carbocycles. The van der Waals surface area contributed by atoms with Crippen LogP contribution in [-0.4, -0.2) is 51.9 Å². The van der Waals surface area contributed by atoms with Crippen molar-refractivity contribution >= 4 is 17.7 Å². The first-order valence-corrected chi connectivity index (χ1v) is 9.85. The predicted octanol–water partition coefficient (Wildman–Crippen LogP) is 0.568. The first kappa shape index (κ1) is 20.7. The summed E-state index contributed by atoms with van der Waals surface area (Å²) in [6.07, 6.45) is 1.03. The standard InChI is InChI=1S/C19H16F3N9O2/c20-19(21,22)13(11-3-1-2-6-23-11)27-16-28-14-9(7-12-15(32)29-18(33)26-12)8-24-31(14)17(30-16)25-10-4-5-10/h1-3,6-8,10,13,32H,4-5H2,(H,25,27,30)(H2,26,29,33)/b9-7-. The zero-order valence-electron chi connectivity index (χ0n) is 16.7. The van der Waals surface area contributed by atoms with Crippen LogP contribution in [0.1, 0.15) is 30.3 Å². The fourth-order valence-corrected chi connectivity index (χ4v) is 3.14. The van der Waals surface area contributed by atoms with Gasteiger partial charge in [-0.25, -0.2) is 9.79 Å². The molecule has 14 heteroatoms. The molecule has 5 rings (SSSR count). The molecule has 33 heavy (non-hydrogen) atoms. The Balaban J connectivity index is 1.66. The summed E-state index contributed by atoms with van der Waals surface area (Å²) in [4.78, 5) is 32.6. The minimum Gasteiger partial charge on any atom is -0.493 e. The fourth-order valence-electron chi connectivity index (χ4n) is 3.14. The Morgan fingerprint density at radius 3 is 2.73 bits per heavy atom. The molecule has 0 spiro atoms. The van der Waals surface area contributed by atoms with E-state index in [1.54, 1.807) is 0 Å². The number of fused-ring (bicyclic) bond motifs is 1. The second kappa shape index (κ2) is 7.72. The van der Waals surface area contributed by atoms with Crippen LogP contribution in [0.2, 0.25) is 0 Å². The van der Waals surface area contributed by atoms with Gasteiger partial charge in [-0.2, -0.15) is 32.8 Å². The Labute approximate surface area is 181 Å². The number of alkyl halides is 3. The van der Waals surface area contributed by atoms with Gasteiger partial charge in [0.2, 0.25) is 11.8 Å².